The van der Waals surface area contributed by atoms with E-state index in [1.807, 2.05) is 46.7 Å². The van der Waals surface area contributed by atoms with E-state index in [9.17, 15) is 9.59 Å². The second-order valence-electron chi connectivity index (χ2n) is 9.89. The highest BCUT2D eigenvalue weighted by atomic mass is 32.1. The average molecular weight is 496 g/mol. The SMILES string of the molecule is CC[NH+]1CCC(C(=O)NC2CCCC2)(N(Cc2cccs2)C(=O)Cn2nnc3ccccc32)CC1. The second-order valence-corrected chi connectivity index (χ2v) is 10.9. The molecule has 8 nitrogen and oxygen atoms in total. The van der Waals surface area contributed by atoms with Crippen molar-refractivity contribution < 1.29 is 14.5 Å². The number of para-hydroxylation sites is 1. The standard InChI is InChI=1S/C26H34N6O2S/c1-2-30-15-13-26(14-16-30,25(34)27-20-8-3-4-9-20)31(18-21-10-7-17-35-21)24(33)19-32-23-12-6-5-11-22(23)28-29-32/h5-7,10-12,17,20H,2-4,8-9,13-16,18-19H2,1H3,(H,27,34)/p+1. The van der Waals surface area contributed by atoms with Crippen LogP contribution in [-0.2, 0) is 22.7 Å². The highest BCUT2D eigenvalue weighted by molar-refractivity contribution is 7.09. The lowest BCUT2D eigenvalue weighted by Gasteiger charge is -2.46. The predicted octanol–water partition coefficient (Wildman–Crippen LogP) is 2.02. The maximum absolute atomic E-state index is 14.0. The molecule has 0 radical (unpaired) electrons. The minimum atomic E-state index is -0.848. The summed E-state index contributed by atoms with van der Waals surface area (Å²) in [5.74, 6) is -0.0662. The molecule has 9 heteroatoms. The van der Waals surface area contributed by atoms with E-state index in [1.54, 1.807) is 16.0 Å². The monoisotopic (exact) mass is 495 g/mol. The third-order valence-corrected chi connectivity index (χ3v) is 8.68. The van der Waals surface area contributed by atoms with E-state index in [1.165, 1.54) is 4.90 Å². The van der Waals surface area contributed by atoms with Gasteiger partial charge in [-0.15, -0.1) is 16.4 Å². The van der Waals surface area contributed by atoms with Gasteiger partial charge in [-0.05, 0) is 43.3 Å². The lowest BCUT2D eigenvalue weighted by Crippen LogP contribution is -3.13. The number of nitrogens with one attached hydrogen (secondary N) is 2. The predicted molar refractivity (Wildman–Crippen MR) is 136 cm³/mol. The maximum Gasteiger partial charge on any atom is 0.246 e. The molecule has 5 rings (SSSR count). The van der Waals surface area contributed by atoms with Crippen molar-refractivity contribution in [2.45, 2.75) is 70.1 Å². The molecule has 2 N–H and O–H groups in total. The number of piperidine rings is 1. The summed E-state index contributed by atoms with van der Waals surface area (Å²) in [6.07, 6.45) is 5.70. The van der Waals surface area contributed by atoms with Crippen LogP contribution < -0.4 is 10.2 Å². The summed E-state index contributed by atoms with van der Waals surface area (Å²) in [6, 6.07) is 11.9. The van der Waals surface area contributed by atoms with Crippen LogP contribution in [0.2, 0.25) is 0 Å². The fourth-order valence-corrected chi connectivity index (χ4v) is 6.36. The van der Waals surface area contributed by atoms with Crippen LogP contribution in [0.1, 0.15) is 50.3 Å². The van der Waals surface area contributed by atoms with Crippen LogP contribution >= 0.6 is 11.3 Å². The first-order valence-corrected chi connectivity index (χ1v) is 13.7. The summed E-state index contributed by atoms with van der Waals surface area (Å²) < 4.78 is 1.66. The first kappa shape index (κ1) is 23.9. The molecular weight excluding hydrogens is 460 g/mol. The van der Waals surface area contributed by atoms with Crippen molar-refractivity contribution in [1.82, 2.24) is 25.2 Å². The minimum absolute atomic E-state index is 0.0212. The van der Waals surface area contributed by atoms with Crippen molar-refractivity contribution in [3.05, 3.63) is 46.7 Å². The van der Waals surface area contributed by atoms with Crippen molar-refractivity contribution in [3.8, 4) is 0 Å². The quantitative estimate of drug-likeness (QED) is 0.501. The molecule has 1 aliphatic heterocycles. The summed E-state index contributed by atoms with van der Waals surface area (Å²) >= 11 is 1.63. The fraction of sp³-hybridized carbons (Fsp3) is 0.538. The summed E-state index contributed by atoms with van der Waals surface area (Å²) in [6.45, 7) is 5.48. The highest BCUT2D eigenvalue weighted by Crippen LogP contribution is 2.31. The normalized spacial score (nSPS) is 22.9. The zero-order valence-electron chi connectivity index (χ0n) is 20.4. The molecule has 3 aromatic rings. The van der Waals surface area contributed by atoms with Crippen LogP contribution in [0.5, 0.6) is 0 Å². The second kappa shape index (κ2) is 10.5. The maximum atomic E-state index is 14.0. The number of carbonyl (C=O) groups is 2. The molecule has 35 heavy (non-hydrogen) atoms. The van der Waals surface area contributed by atoms with Crippen LogP contribution in [-0.4, -0.2) is 62.9 Å². The molecule has 3 heterocycles. The van der Waals surface area contributed by atoms with Gasteiger partial charge in [-0.3, -0.25) is 9.59 Å². The third-order valence-electron chi connectivity index (χ3n) is 7.81. The van der Waals surface area contributed by atoms with Gasteiger partial charge in [-0.2, -0.15) is 0 Å². The van der Waals surface area contributed by atoms with E-state index >= 15 is 0 Å². The summed E-state index contributed by atoms with van der Waals surface area (Å²) in [7, 11) is 0. The van der Waals surface area contributed by atoms with Gasteiger partial charge in [-0.25, -0.2) is 4.68 Å². The number of nitrogens with zero attached hydrogens (tertiary/aromatic N) is 4. The molecule has 2 amide bonds. The number of hydrogen-bond acceptors (Lipinski definition) is 5. The van der Waals surface area contributed by atoms with E-state index in [4.69, 9.17) is 0 Å². The van der Waals surface area contributed by atoms with E-state index < -0.39 is 5.54 Å². The largest absolute Gasteiger partial charge is 0.351 e. The molecule has 2 fully saturated rings. The Bertz CT molecular complexity index is 1150. The average Bonchev–Trinajstić information content (AvgIpc) is 3.66. The summed E-state index contributed by atoms with van der Waals surface area (Å²) in [4.78, 5) is 32.5. The van der Waals surface area contributed by atoms with Gasteiger partial charge in [0.2, 0.25) is 11.8 Å². The Labute approximate surface area is 210 Å². The zero-order valence-corrected chi connectivity index (χ0v) is 21.2. The topological polar surface area (TPSA) is 84.6 Å². The number of quaternary nitrogens is 1. The van der Waals surface area contributed by atoms with Crippen molar-refractivity contribution in [2.24, 2.45) is 0 Å². The molecule has 2 aliphatic rings. The Morgan fingerprint density at radius 2 is 1.94 bits per heavy atom. The van der Waals surface area contributed by atoms with Crippen molar-refractivity contribution >= 4 is 34.2 Å². The molecule has 0 atom stereocenters. The molecule has 1 saturated carbocycles. The first-order chi connectivity index (χ1) is 17.1. The number of rotatable bonds is 8. The molecule has 0 bridgehead atoms. The minimum Gasteiger partial charge on any atom is -0.351 e. The molecule has 2 aromatic heterocycles. The Balaban J connectivity index is 1.48. The number of likely N-dealkylation sites (tertiary alicyclic amines) is 1. The van der Waals surface area contributed by atoms with Crippen LogP contribution in [0.3, 0.4) is 0 Å². The Kier molecular flexibility index (Phi) is 7.15. The van der Waals surface area contributed by atoms with Gasteiger partial charge in [0.05, 0.1) is 31.7 Å². The molecule has 1 aliphatic carbocycles. The third kappa shape index (κ3) is 4.97. The van der Waals surface area contributed by atoms with Gasteiger partial charge >= 0.3 is 0 Å². The molecule has 186 valence electrons. The first-order valence-electron chi connectivity index (χ1n) is 12.8. The number of fused-ring (bicyclic) bond motifs is 1. The van der Waals surface area contributed by atoms with Gasteiger partial charge in [0.1, 0.15) is 17.6 Å². The van der Waals surface area contributed by atoms with E-state index in [0.29, 0.717) is 19.4 Å². The zero-order chi connectivity index (χ0) is 24.3. The van der Waals surface area contributed by atoms with Crippen LogP contribution in [0.4, 0.5) is 0 Å². The van der Waals surface area contributed by atoms with Crippen molar-refractivity contribution in [3.63, 3.8) is 0 Å². The van der Waals surface area contributed by atoms with Gasteiger partial charge in [0.25, 0.3) is 0 Å². The highest BCUT2D eigenvalue weighted by Gasteiger charge is 2.50. The molecule has 0 unspecified atom stereocenters. The number of amides is 2. The van der Waals surface area contributed by atoms with Gasteiger partial charge < -0.3 is 15.1 Å². The number of carbonyl (C=O) groups excluding carboxylic acids is 2. The lowest BCUT2D eigenvalue weighted by atomic mass is 9.83. The van der Waals surface area contributed by atoms with Crippen LogP contribution in [0.25, 0.3) is 11.0 Å². The molecule has 1 aromatic carbocycles. The van der Waals surface area contributed by atoms with Crippen molar-refractivity contribution in [2.75, 3.05) is 19.6 Å². The molecule has 0 spiro atoms. The number of thiophene rings is 1. The number of benzene rings is 1. The number of hydrogen-bond donors (Lipinski definition) is 2. The Hall–Kier alpha value is -2.78. The van der Waals surface area contributed by atoms with E-state index in [-0.39, 0.29) is 24.4 Å². The van der Waals surface area contributed by atoms with E-state index in [0.717, 1.165) is 61.2 Å². The Morgan fingerprint density at radius 1 is 1.17 bits per heavy atom. The summed E-state index contributed by atoms with van der Waals surface area (Å²) in [5, 5.41) is 13.9. The molecular formula is C26H35N6O2S+. The van der Waals surface area contributed by atoms with Crippen LogP contribution in [0, 0.1) is 0 Å². The summed E-state index contributed by atoms with van der Waals surface area (Å²) in [5.41, 5.74) is 0.740. The van der Waals surface area contributed by atoms with Gasteiger partial charge in [-0.1, -0.05) is 36.3 Å². The van der Waals surface area contributed by atoms with E-state index in [2.05, 4.69) is 22.6 Å². The van der Waals surface area contributed by atoms with Gasteiger partial charge in [0.15, 0.2) is 0 Å². The number of aromatic nitrogens is 3. The lowest BCUT2D eigenvalue weighted by molar-refractivity contribution is -0.904. The smallest absolute Gasteiger partial charge is 0.246 e. The van der Waals surface area contributed by atoms with Gasteiger partial charge in [0, 0.05) is 23.8 Å². The fourth-order valence-electron chi connectivity index (χ4n) is 5.66. The van der Waals surface area contributed by atoms with Crippen molar-refractivity contribution in [1.29, 1.82) is 0 Å². The Morgan fingerprint density at radius 3 is 2.66 bits per heavy atom. The molecule has 1 saturated heterocycles. The van der Waals surface area contributed by atoms with Crippen LogP contribution in [0.15, 0.2) is 41.8 Å².